The zero-order valence-electron chi connectivity index (χ0n) is 6.48. The molecule has 0 bridgehead atoms. The number of nitrogens with zero attached hydrogens (tertiary/aromatic N) is 3. The normalized spacial score (nSPS) is 9.38. The van der Waals surface area contributed by atoms with Gasteiger partial charge in [0, 0.05) is 11.1 Å². The highest BCUT2D eigenvalue weighted by Crippen LogP contribution is 2.29. The number of hydrogen-bond acceptors (Lipinski definition) is 4. The summed E-state index contributed by atoms with van der Waals surface area (Å²) in [4.78, 5) is 0. The van der Waals surface area contributed by atoms with E-state index in [0.29, 0.717) is 16.7 Å². The van der Waals surface area contributed by atoms with Crippen LogP contribution in [-0.2, 0) is 0 Å². The molecule has 0 saturated heterocycles. The predicted octanol–water partition coefficient (Wildman–Crippen LogP) is 1.52. The van der Waals surface area contributed by atoms with Crippen LogP contribution >= 0.6 is 0 Å². The van der Waals surface area contributed by atoms with Crippen LogP contribution in [0.15, 0.2) is 23.0 Å². The summed E-state index contributed by atoms with van der Waals surface area (Å²) in [5, 5.41) is 21.0. The van der Waals surface area contributed by atoms with Crippen molar-refractivity contribution in [2.45, 2.75) is 0 Å². The van der Waals surface area contributed by atoms with Crippen LogP contribution in [0.3, 0.4) is 0 Å². The summed E-state index contributed by atoms with van der Waals surface area (Å²) in [5.41, 5.74) is 2.11. The molecule has 13 heavy (non-hydrogen) atoms. The van der Waals surface area contributed by atoms with Gasteiger partial charge in [0.2, 0.25) is 0 Å². The van der Waals surface area contributed by atoms with Crippen LogP contribution in [0.25, 0.3) is 11.1 Å². The van der Waals surface area contributed by atoms with Gasteiger partial charge in [0.1, 0.15) is 18.4 Å². The van der Waals surface area contributed by atoms with Crippen LogP contribution in [0.1, 0.15) is 11.1 Å². The average Bonchev–Trinajstić information content (AvgIpc) is 2.55. The SMILES string of the molecule is N#Cc1cc2concc-2c1C#N. The molecule has 1 heterocycles. The average molecular weight is 169 g/mol. The van der Waals surface area contributed by atoms with E-state index in [9.17, 15) is 0 Å². The Morgan fingerprint density at radius 1 is 1.31 bits per heavy atom. The van der Waals surface area contributed by atoms with Crippen molar-refractivity contribution in [3.8, 4) is 23.3 Å². The molecule has 4 heteroatoms. The molecule has 0 unspecified atom stereocenters. The second-order valence-electron chi connectivity index (χ2n) is 2.48. The standard InChI is InChI=1S/C9H3N3O/c10-2-6-1-7-5-13-12-4-9(7)8(6)3-11/h1,4-5H. The maximum Gasteiger partial charge on any atom is 0.130 e. The molecule has 0 fully saturated rings. The Morgan fingerprint density at radius 2 is 2.15 bits per heavy atom. The first kappa shape index (κ1) is 7.33. The first-order valence-electron chi connectivity index (χ1n) is 3.53. The van der Waals surface area contributed by atoms with Crippen molar-refractivity contribution < 1.29 is 4.52 Å². The van der Waals surface area contributed by atoms with Gasteiger partial charge in [0.05, 0.1) is 17.3 Å². The van der Waals surface area contributed by atoms with Crippen molar-refractivity contribution in [1.82, 2.24) is 5.16 Å². The van der Waals surface area contributed by atoms with Crippen molar-refractivity contribution in [3.63, 3.8) is 0 Å². The molecule has 2 rings (SSSR count). The molecule has 0 aromatic heterocycles. The fourth-order valence-electron chi connectivity index (χ4n) is 1.21. The number of aromatic nitrogens is 1. The third kappa shape index (κ3) is 0.935. The molecule has 60 valence electrons. The molecular weight excluding hydrogens is 166 g/mol. The predicted molar refractivity (Wildman–Crippen MR) is 42.6 cm³/mol. The minimum atomic E-state index is 0.362. The number of hydrogen-bond donors (Lipinski definition) is 0. The van der Waals surface area contributed by atoms with Gasteiger partial charge >= 0.3 is 0 Å². The summed E-state index contributed by atoms with van der Waals surface area (Å²) in [6.45, 7) is 0. The van der Waals surface area contributed by atoms with Crippen molar-refractivity contribution >= 4 is 0 Å². The lowest BCUT2D eigenvalue weighted by atomic mass is 10.1. The van der Waals surface area contributed by atoms with Gasteiger partial charge in [0.15, 0.2) is 0 Å². The van der Waals surface area contributed by atoms with Crippen LogP contribution in [-0.4, -0.2) is 5.16 Å². The first-order valence-corrected chi connectivity index (χ1v) is 3.53. The first-order chi connectivity index (χ1) is 6.36. The third-order valence-corrected chi connectivity index (χ3v) is 1.80. The minimum absolute atomic E-state index is 0.362. The van der Waals surface area contributed by atoms with E-state index in [2.05, 4.69) is 9.68 Å². The molecule has 0 atom stereocenters. The van der Waals surface area contributed by atoms with E-state index >= 15 is 0 Å². The Bertz CT molecular complexity index is 501. The van der Waals surface area contributed by atoms with Gasteiger partial charge in [0.25, 0.3) is 0 Å². The topological polar surface area (TPSA) is 73.6 Å². The fraction of sp³-hybridized carbons (Fsp3) is 0. The van der Waals surface area contributed by atoms with Gasteiger partial charge in [-0.3, -0.25) is 0 Å². The molecule has 0 saturated carbocycles. The molecule has 0 aromatic carbocycles. The molecule has 2 aliphatic rings. The van der Waals surface area contributed by atoms with Crippen LogP contribution in [0.4, 0.5) is 0 Å². The van der Waals surface area contributed by atoms with E-state index < -0.39 is 0 Å². The molecule has 1 aliphatic heterocycles. The van der Waals surface area contributed by atoms with Crippen LogP contribution in [0.5, 0.6) is 0 Å². The largest absolute Gasteiger partial charge is 0.364 e. The van der Waals surface area contributed by atoms with E-state index in [-0.39, 0.29) is 0 Å². The molecule has 0 aromatic rings. The van der Waals surface area contributed by atoms with E-state index in [1.807, 2.05) is 12.1 Å². The highest BCUT2D eigenvalue weighted by atomic mass is 16.4. The van der Waals surface area contributed by atoms with Crippen LogP contribution in [0, 0.1) is 22.7 Å². The van der Waals surface area contributed by atoms with Crippen molar-refractivity contribution in [2.75, 3.05) is 0 Å². The van der Waals surface area contributed by atoms with E-state index in [4.69, 9.17) is 10.5 Å². The summed E-state index contributed by atoms with van der Waals surface area (Å²) in [6, 6.07) is 5.52. The van der Waals surface area contributed by atoms with Gasteiger partial charge in [-0.1, -0.05) is 5.16 Å². The monoisotopic (exact) mass is 169 g/mol. The Labute approximate surface area is 73.9 Å². The zero-order valence-corrected chi connectivity index (χ0v) is 6.48. The Kier molecular flexibility index (Phi) is 1.47. The Morgan fingerprint density at radius 3 is 2.85 bits per heavy atom. The van der Waals surface area contributed by atoms with Crippen LogP contribution < -0.4 is 0 Å². The Balaban J connectivity index is 2.84. The van der Waals surface area contributed by atoms with Gasteiger partial charge in [-0.25, -0.2) is 0 Å². The molecule has 0 amide bonds. The van der Waals surface area contributed by atoms with E-state index in [1.165, 1.54) is 12.5 Å². The highest BCUT2D eigenvalue weighted by Gasteiger charge is 2.15. The minimum Gasteiger partial charge on any atom is -0.364 e. The van der Waals surface area contributed by atoms with E-state index in [0.717, 1.165) is 5.56 Å². The summed E-state index contributed by atoms with van der Waals surface area (Å²) in [6.07, 6.45) is 2.85. The summed E-state index contributed by atoms with van der Waals surface area (Å²) >= 11 is 0. The van der Waals surface area contributed by atoms with Crippen LogP contribution in [0.2, 0.25) is 0 Å². The number of rotatable bonds is 0. The van der Waals surface area contributed by atoms with E-state index in [1.54, 1.807) is 6.07 Å². The van der Waals surface area contributed by atoms with Gasteiger partial charge in [-0.15, -0.1) is 0 Å². The lowest BCUT2D eigenvalue weighted by Crippen LogP contribution is -1.79. The molecule has 0 N–H and O–H groups in total. The smallest absolute Gasteiger partial charge is 0.130 e. The maximum atomic E-state index is 8.78. The van der Waals surface area contributed by atoms with Gasteiger partial charge in [-0.2, -0.15) is 10.5 Å². The zero-order chi connectivity index (χ0) is 9.26. The second-order valence-corrected chi connectivity index (χ2v) is 2.48. The molecular formula is C9H3N3O. The second kappa shape index (κ2) is 2.62. The van der Waals surface area contributed by atoms with Gasteiger partial charge < -0.3 is 4.52 Å². The molecule has 0 radical (unpaired) electrons. The lowest BCUT2D eigenvalue weighted by molar-refractivity contribution is 0.401. The Hall–Kier alpha value is -2.33. The van der Waals surface area contributed by atoms with Crippen molar-refractivity contribution in [3.05, 3.63) is 29.7 Å². The third-order valence-electron chi connectivity index (χ3n) is 1.80. The lowest BCUT2D eigenvalue weighted by Gasteiger charge is -1.92. The molecule has 0 spiro atoms. The summed E-state index contributed by atoms with van der Waals surface area (Å²) in [7, 11) is 0. The molecule has 1 aliphatic carbocycles. The summed E-state index contributed by atoms with van der Waals surface area (Å²) in [5.74, 6) is 0. The fourth-order valence-corrected chi connectivity index (χ4v) is 1.21. The van der Waals surface area contributed by atoms with Crippen molar-refractivity contribution in [2.24, 2.45) is 0 Å². The molecule has 4 nitrogen and oxygen atoms in total. The summed E-state index contributed by atoms with van der Waals surface area (Å²) < 4.78 is 4.68. The number of nitriles is 2. The van der Waals surface area contributed by atoms with Gasteiger partial charge in [-0.05, 0) is 6.07 Å². The maximum absolute atomic E-state index is 8.78. The van der Waals surface area contributed by atoms with Crippen molar-refractivity contribution in [1.29, 1.82) is 10.5 Å². The highest BCUT2D eigenvalue weighted by molar-refractivity contribution is 5.77. The quantitative estimate of drug-likeness (QED) is 0.599. The number of fused-ring (bicyclic) bond motifs is 1.